The van der Waals surface area contributed by atoms with Gasteiger partial charge in [-0.2, -0.15) is 0 Å². The first kappa shape index (κ1) is 12.9. The first-order valence-electron chi connectivity index (χ1n) is 7.57. The molecule has 3 rings (SSSR count). The van der Waals surface area contributed by atoms with Gasteiger partial charge in [0.1, 0.15) is 5.82 Å². The number of nitrogens with zero attached hydrogens (tertiary/aromatic N) is 1. The van der Waals surface area contributed by atoms with Crippen molar-refractivity contribution in [1.82, 2.24) is 5.32 Å². The van der Waals surface area contributed by atoms with Crippen molar-refractivity contribution < 1.29 is 4.39 Å². The van der Waals surface area contributed by atoms with E-state index in [0.29, 0.717) is 5.92 Å². The summed E-state index contributed by atoms with van der Waals surface area (Å²) < 4.78 is 13.6. The van der Waals surface area contributed by atoms with Crippen molar-refractivity contribution in [3.05, 3.63) is 29.6 Å². The van der Waals surface area contributed by atoms with E-state index in [0.717, 1.165) is 32.6 Å². The molecule has 2 heterocycles. The second kappa shape index (κ2) is 5.91. The van der Waals surface area contributed by atoms with Crippen molar-refractivity contribution in [2.45, 2.75) is 32.1 Å². The molecule has 2 fully saturated rings. The summed E-state index contributed by atoms with van der Waals surface area (Å²) in [5, 5.41) is 3.45. The Hall–Kier alpha value is -1.09. The van der Waals surface area contributed by atoms with Crippen LogP contribution in [0.2, 0.25) is 0 Å². The number of halogens is 1. The fourth-order valence-corrected chi connectivity index (χ4v) is 3.39. The lowest BCUT2D eigenvalue weighted by atomic mass is 9.91. The molecule has 2 saturated heterocycles. The maximum atomic E-state index is 13.6. The third kappa shape index (κ3) is 3.08. The Labute approximate surface area is 115 Å². The zero-order valence-corrected chi connectivity index (χ0v) is 11.5. The van der Waals surface area contributed by atoms with E-state index in [-0.39, 0.29) is 5.82 Å². The number of benzene rings is 1. The summed E-state index contributed by atoms with van der Waals surface area (Å²) in [5.41, 5.74) is 2.47. The van der Waals surface area contributed by atoms with Crippen LogP contribution in [0.25, 0.3) is 0 Å². The Morgan fingerprint density at radius 2 is 2.05 bits per heavy atom. The van der Waals surface area contributed by atoms with E-state index in [4.69, 9.17) is 0 Å². The third-order valence-electron chi connectivity index (χ3n) is 4.40. The Morgan fingerprint density at radius 1 is 1.21 bits per heavy atom. The molecule has 1 atom stereocenters. The van der Waals surface area contributed by atoms with Crippen LogP contribution in [0.4, 0.5) is 10.1 Å². The second-order valence-corrected chi connectivity index (χ2v) is 5.88. The molecule has 0 aromatic heterocycles. The van der Waals surface area contributed by atoms with E-state index in [1.54, 1.807) is 12.1 Å². The molecule has 0 amide bonds. The Balaban J connectivity index is 1.79. The zero-order valence-electron chi connectivity index (χ0n) is 11.5. The van der Waals surface area contributed by atoms with Gasteiger partial charge in [0, 0.05) is 18.8 Å². The fraction of sp³-hybridized carbons (Fsp3) is 0.625. The van der Waals surface area contributed by atoms with E-state index in [2.05, 4.69) is 10.2 Å². The molecule has 0 spiro atoms. The highest BCUT2D eigenvalue weighted by molar-refractivity contribution is 5.54. The molecule has 3 heteroatoms. The number of rotatable bonds is 3. The van der Waals surface area contributed by atoms with Crippen molar-refractivity contribution in [1.29, 1.82) is 0 Å². The smallest absolute Gasteiger partial charge is 0.123 e. The van der Waals surface area contributed by atoms with Gasteiger partial charge in [-0.3, -0.25) is 0 Å². The fourth-order valence-electron chi connectivity index (χ4n) is 3.39. The van der Waals surface area contributed by atoms with Crippen molar-refractivity contribution in [2.75, 3.05) is 31.1 Å². The SMILES string of the molecule is Fc1ccc(N2CCCC2)c(CC2CCCNC2)c1. The number of anilines is 1. The molecule has 1 aromatic carbocycles. The maximum absolute atomic E-state index is 13.6. The minimum Gasteiger partial charge on any atom is -0.371 e. The summed E-state index contributed by atoms with van der Waals surface area (Å²) in [6, 6.07) is 5.34. The summed E-state index contributed by atoms with van der Waals surface area (Å²) in [6.45, 7) is 4.47. The highest BCUT2D eigenvalue weighted by Gasteiger charge is 2.20. The summed E-state index contributed by atoms with van der Waals surface area (Å²) in [6.07, 6.45) is 6.06. The number of nitrogens with one attached hydrogen (secondary N) is 1. The average molecular weight is 262 g/mol. The minimum absolute atomic E-state index is 0.0956. The van der Waals surface area contributed by atoms with Gasteiger partial charge in [0.05, 0.1) is 0 Å². The lowest BCUT2D eigenvalue weighted by Crippen LogP contribution is -2.31. The van der Waals surface area contributed by atoms with Crippen LogP contribution in [0, 0.1) is 11.7 Å². The molecule has 0 saturated carbocycles. The highest BCUT2D eigenvalue weighted by Crippen LogP contribution is 2.28. The molecule has 104 valence electrons. The number of piperidine rings is 1. The van der Waals surface area contributed by atoms with Crippen LogP contribution in [0.5, 0.6) is 0 Å². The third-order valence-corrected chi connectivity index (χ3v) is 4.40. The van der Waals surface area contributed by atoms with Crippen molar-refractivity contribution in [3.63, 3.8) is 0 Å². The summed E-state index contributed by atoms with van der Waals surface area (Å²) >= 11 is 0. The van der Waals surface area contributed by atoms with Gasteiger partial charge in [-0.05, 0) is 74.9 Å². The number of hydrogen-bond donors (Lipinski definition) is 1. The molecular weight excluding hydrogens is 239 g/mol. The lowest BCUT2D eigenvalue weighted by molar-refractivity contribution is 0.376. The van der Waals surface area contributed by atoms with E-state index in [1.165, 1.54) is 36.9 Å². The molecule has 1 aromatic rings. The van der Waals surface area contributed by atoms with Crippen molar-refractivity contribution in [3.8, 4) is 0 Å². The molecule has 0 aliphatic carbocycles. The van der Waals surface area contributed by atoms with Gasteiger partial charge < -0.3 is 10.2 Å². The number of hydrogen-bond acceptors (Lipinski definition) is 2. The molecular formula is C16H23FN2. The second-order valence-electron chi connectivity index (χ2n) is 5.88. The molecule has 2 aliphatic rings. The quantitative estimate of drug-likeness (QED) is 0.901. The first-order valence-corrected chi connectivity index (χ1v) is 7.57. The van der Waals surface area contributed by atoms with Crippen LogP contribution in [-0.2, 0) is 6.42 Å². The molecule has 0 radical (unpaired) electrons. The Morgan fingerprint density at radius 3 is 2.79 bits per heavy atom. The average Bonchev–Trinajstić information content (AvgIpc) is 2.94. The normalized spacial score (nSPS) is 23.8. The standard InChI is InChI=1S/C16H23FN2/c17-15-5-6-16(19-8-1-2-9-19)14(11-15)10-13-4-3-7-18-12-13/h5-6,11,13,18H,1-4,7-10,12H2. The Kier molecular flexibility index (Phi) is 4.02. The molecule has 2 aliphatic heterocycles. The monoisotopic (exact) mass is 262 g/mol. The van der Waals surface area contributed by atoms with Crippen molar-refractivity contribution >= 4 is 5.69 Å². The van der Waals surface area contributed by atoms with Crippen LogP contribution in [0.15, 0.2) is 18.2 Å². The maximum Gasteiger partial charge on any atom is 0.123 e. The van der Waals surface area contributed by atoms with Crippen LogP contribution in [0.1, 0.15) is 31.2 Å². The van der Waals surface area contributed by atoms with E-state index in [9.17, 15) is 4.39 Å². The summed E-state index contributed by atoms with van der Waals surface area (Å²) in [5.74, 6) is 0.568. The first-order chi connectivity index (χ1) is 9.33. The Bertz CT molecular complexity index is 421. The van der Waals surface area contributed by atoms with Gasteiger partial charge in [-0.25, -0.2) is 4.39 Å². The topological polar surface area (TPSA) is 15.3 Å². The van der Waals surface area contributed by atoms with Gasteiger partial charge in [-0.15, -0.1) is 0 Å². The van der Waals surface area contributed by atoms with Gasteiger partial charge in [-0.1, -0.05) is 0 Å². The van der Waals surface area contributed by atoms with Gasteiger partial charge in [0.25, 0.3) is 0 Å². The van der Waals surface area contributed by atoms with E-state index in [1.807, 2.05) is 6.07 Å². The molecule has 1 unspecified atom stereocenters. The summed E-state index contributed by atoms with van der Waals surface area (Å²) in [4.78, 5) is 2.42. The van der Waals surface area contributed by atoms with Crippen LogP contribution in [-0.4, -0.2) is 26.2 Å². The zero-order chi connectivity index (χ0) is 13.1. The summed E-state index contributed by atoms with van der Waals surface area (Å²) in [7, 11) is 0. The molecule has 2 nitrogen and oxygen atoms in total. The largest absolute Gasteiger partial charge is 0.371 e. The molecule has 19 heavy (non-hydrogen) atoms. The van der Waals surface area contributed by atoms with Crippen LogP contribution >= 0.6 is 0 Å². The van der Waals surface area contributed by atoms with Crippen molar-refractivity contribution in [2.24, 2.45) is 5.92 Å². The van der Waals surface area contributed by atoms with E-state index < -0.39 is 0 Å². The molecule has 0 bridgehead atoms. The highest BCUT2D eigenvalue weighted by atomic mass is 19.1. The van der Waals surface area contributed by atoms with Crippen LogP contribution in [0.3, 0.4) is 0 Å². The van der Waals surface area contributed by atoms with Gasteiger partial charge in [0.15, 0.2) is 0 Å². The minimum atomic E-state index is -0.0956. The van der Waals surface area contributed by atoms with E-state index >= 15 is 0 Å². The predicted octanol–water partition coefficient (Wildman–Crippen LogP) is 2.97. The van der Waals surface area contributed by atoms with Crippen LogP contribution < -0.4 is 10.2 Å². The molecule has 1 N–H and O–H groups in total. The van der Waals surface area contributed by atoms with Gasteiger partial charge >= 0.3 is 0 Å². The van der Waals surface area contributed by atoms with Gasteiger partial charge in [0.2, 0.25) is 0 Å². The lowest BCUT2D eigenvalue weighted by Gasteiger charge is -2.26. The predicted molar refractivity (Wildman–Crippen MR) is 77.1 cm³/mol.